The highest BCUT2D eigenvalue weighted by molar-refractivity contribution is 7.80. The molecule has 0 bridgehead atoms. The molecule has 1 aromatic rings. The topological polar surface area (TPSA) is 98.1 Å². The lowest BCUT2D eigenvalue weighted by atomic mass is 10.0. The molecular weight excluding hydrogens is 262 g/mol. The first kappa shape index (κ1) is 15.3. The summed E-state index contributed by atoms with van der Waals surface area (Å²) in [7, 11) is 1.71. The first-order valence-electron chi connectivity index (χ1n) is 6.09. The third kappa shape index (κ3) is 3.37. The van der Waals surface area contributed by atoms with E-state index in [0.717, 1.165) is 24.1 Å². The first-order chi connectivity index (χ1) is 8.92. The molecule has 0 fully saturated rings. The molecule has 1 amide bonds. The molecule has 0 saturated carbocycles. The Bertz CT molecular complexity index is 503. The van der Waals surface area contributed by atoms with Gasteiger partial charge in [-0.15, -0.1) is 5.10 Å². The quantitative estimate of drug-likeness (QED) is 0.721. The van der Waals surface area contributed by atoms with Gasteiger partial charge in [0.1, 0.15) is 4.99 Å². The highest BCUT2D eigenvalue weighted by Gasteiger charge is 2.19. The molecule has 0 aliphatic heterocycles. The average molecular weight is 281 g/mol. The van der Waals surface area contributed by atoms with Crippen molar-refractivity contribution in [1.29, 1.82) is 0 Å². The molecule has 104 valence electrons. The molecule has 0 unspecified atom stereocenters. The van der Waals surface area contributed by atoms with Gasteiger partial charge in [-0.2, -0.15) is 5.10 Å². The lowest BCUT2D eigenvalue weighted by molar-refractivity contribution is -0.116. The molecule has 0 spiro atoms. The van der Waals surface area contributed by atoms with Crippen LogP contribution in [0.4, 0.5) is 5.82 Å². The molecule has 1 aromatic heterocycles. The highest BCUT2D eigenvalue weighted by Crippen LogP contribution is 2.23. The fraction of sp³-hybridized carbons (Fsp3) is 0.500. The Balaban J connectivity index is 3.39. The van der Waals surface area contributed by atoms with Crippen molar-refractivity contribution in [3.8, 4) is 0 Å². The average Bonchev–Trinajstić information content (AvgIpc) is 2.35. The number of aromatic nitrogens is 2. The van der Waals surface area contributed by atoms with Crippen LogP contribution in [-0.4, -0.2) is 34.7 Å². The van der Waals surface area contributed by atoms with Gasteiger partial charge in [0.2, 0.25) is 5.91 Å². The number of nitrogens with zero attached hydrogens (tertiary/aromatic N) is 3. The van der Waals surface area contributed by atoms with E-state index in [1.54, 1.807) is 11.9 Å². The number of carbonyl (C=O) groups excluding carboxylic acids is 1. The summed E-state index contributed by atoms with van der Waals surface area (Å²) in [5.74, 6) is 0.0520. The largest absolute Gasteiger partial charge is 0.389 e. The van der Waals surface area contributed by atoms with Crippen LogP contribution in [0.25, 0.3) is 0 Å². The molecular formula is C12H19N5OS. The Morgan fingerprint density at radius 1 is 1.26 bits per heavy atom. The van der Waals surface area contributed by atoms with Crippen molar-refractivity contribution < 1.29 is 4.79 Å². The molecule has 0 radical (unpaired) electrons. The van der Waals surface area contributed by atoms with Crippen molar-refractivity contribution >= 4 is 28.9 Å². The Hall–Kier alpha value is -1.76. The van der Waals surface area contributed by atoms with Gasteiger partial charge in [-0.3, -0.25) is 4.79 Å². The lowest BCUT2D eigenvalue weighted by Gasteiger charge is -2.21. The predicted octanol–water partition coefficient (Wildman–Crippen LogP) is 0.157. The lowest BCUT2D eigenvalue weighted by Crippen LogP contribution is -2.33. The van der Waals surface area contributed by atoms with Gasteiger partial charge in [-0.05, 0) is 18.4 Å². The molecule has 4 N–H and O–H groups in total. The van der Waals surface area contributed by atoms with Crippen LogP contribution in [0, 0.1) is 0 Å². The van der Waals surface area contributed by atoms with Gasteiger partial charge in [-0.1, -0.05) is 26.1 Å². The maximum absolute atomic E-state index is 11.0. The fourth-order valence-corrected chi connectivity index (χ4v) is 2.21. The minimum absolute atomic E-state index is 0.0406. The number of hydrogen-bond acceptors (Lipinski definition) is 5. The predicted molar refractivity (Wildman–Crippen MR) is 79.1 cm³/mol. The van der Waals surface area contributed by atoms with Crippen LogP contribution in [0.5, 0.6) is 0 Å². The van der Waals surface area contributed by atoms with Gasteiger partial charge in [-0.25, -0.2) is 0 Å². The maximum Gasteiger partial charge on any atom is 0.236 e. The van der Waals surface area contributed by atoms with Crippen LogP contribution < -0.4 is 16.4 Å². The summed E-state index contributed by atoms with van der Waals surface area (Å²) >= 11 is 5.11. The smallest absolute Gasteiger partial charge is 0.236 e. The van der Waals surface area contributed by atoms with E-state index in [2.05, 4.69) is 10.2 Å². The number of likely N-dealkylation sites (N-methyl/N-ethyl adjacent to an activating group) is 1. The number of carbonyl (C=O) groups is 1. The molecule has 0 atom stereocenters. The molecule has 0 aliphatic carbocycles. The van der Waals surface area contributed by atoms with Crippen molar-refractivity contribution in [3.05, 3.63) is 16.8 Å². The van der Waals surface area contributed by atoms with E-state index >= 15 is 0 Å². The SMILES string of the molecule is CCc1nnc(N(C)CC(N)=O)c(C(N)=S)c1CC. The molecule has 6 nitrogen and oxygen atoms in total. The molecule has 0 aliphatic rings. The second kappa shape index (κ2) is 6.42. The van der Waals surface area contributed by atoms with E-state index in [-0.39, 0.29) is 11.5 Å². The summed E-state index contributed by atoms with van der Waals surface area (Å²) in [4.78, 5) is 12.9. The van der Waals surface area contributed by atoms with Crippen molar-refractivity contribution in [3.63, 3.8) is 0 Å². The van der Waals surface area contributed by atoms with Crippen molar-refractivity contribution in [2.75, 3.05) is 18.5 Å². The van der Waals surface area contributed by atoms with Crippen LogP contribution in [0.2, 0.25) is 0 Å². The van der Waals surface area contributed by atoms with Crippen molar-refractivity contribution in [2.24, 2.45) is 11.5 Å². The highest BCUT2D eigenvalue weighted by atomic mass is 32.1. The Labute approximate surface area is 118 Å². The maximum atomic E-state index is 11.0. The van der Waals surface area contributed by atoms with Crippen LogP contribution in [0.1, 0.15) is 30.7 Å². The molecule has 19 heavy (non-hydrogen) atoms. The summed E-state index contributed by atoms with van der Waals surface area (Å²) < 4.78 is 0. The first-order valence-corrected chi connectivity index (χ1v) is 6.50. The number of anilines is 1. The van der Waals surface area contributed by atoms with E-state index in [9.17, 15) is 4.79 Å². The van der Waals surface area contributed by atoms with E-state index in [0.29, 0.717) is 11.4 Å². The van der Waals surface area contributed by atoms with Gasteiger partial charge in [0, 0.05) is 7.05 Å². The van der Waals surface area contributed by atoms with Crippen molar-refractivity contribution in [2.45, 2.75) is 26.7 Å². The van der Waals surface area contributed by atoms with Crippen LogP contribution in [0.3, 0.4) is 0 Å². The Kier molecular flexibility index (Phi) is 5.17. The van der Waals surface area contributed by atoms with Crippen LogP contribution >= 0.6 is 12.2 Å². The summed E-state index contributed by atoms with van der Waals surface area (Å²) in [5, 5.41) is 8.31. The molecule has 0 aromatic carbocycles. The molecule has 1 heterocycles. The zero-order chi connectivity index (χ0) is 14.6. The summed E-state index contributed by atoms with van der Waals surface area (Å²) in [5.41, 5.74) is 13.5. The number of amides is 1. The Morgan fingerprint density at radius 3 is 2.32 bits per heavy atom. The summed E-state index contributed by atoms with van der Waals surface area (Å²) in [6.07, 6.45) is 1.51. The molecule has 1 rings (SSSR count). The second-order valence-electron chi connectivity index (χ2n) is 4.22. The summed E-state index contributed by atoms with van der Waals surface area (Å²) in [6, 6.07) is 0. The molecule has 0 saturated heterocycles. The van der Waals surface area contributed by atoms with E-state index in [1.807, 2.05) is 13.8 Å². The number of hydrogen-bond donors (Lipinski definition) is 2. The van der Waals surface area contributed by atoms with E-state index < -0.39 is 5.91 Å². The summed E-state index contributed by atoms with van der Waals surface area (Å²) in [6.45, 7) is 4.05. The standard InChI is InChI=1S/C12H19N5OS/c1-4-7-8(5-2)15-16-12(10(7)11(14)19)17(3)6-9(13)18/h4-6H2,1-3H3,(H2,13,18)(H2,14,19). The number of rotatable bonds is 6. The van der Waals surface area contributed by atoms with E-state index in [4.69, 9.17) is 23.7 Å². The third-order valence-electron chi connectivity index (χ3n) is 2.83. The van der Waals surface area contributed by atoms with Crippen LogP contribution in [0.15, 0.2) is 0 Å². The zero-order valence-corrected chi connectivity index (χ0v) is 12.3. The fourth-order valence-electron chi connectivity index (χ4n) is 2.00. The third-order valence-corrected chi connectivity index (χ3v) is 3.03. The normalized spacial score (nSPS) is 10.3. The van der Waals surface area contributed by atoms with E-state index in [1.165, 1.54) is 0 Å². The van der Waals surface area contributed by atoms with Crippen molar-refractivity contribution in [1.82, 2.24) is 10.2 Å². The van der Waals surface area contributed by atoms with Crippen LogP contribution in [-0.2, 0) is 17.6 Å². The van der Waals surface area contributed by atoms with Gasteiger partial charge >= 0.3 is 0 Å². The zero-order valence-electron chi connectivity index (χ0n) is 11.4. The number of nitrogens with two attached hydrogens (primary N) is 2. The van der Waals surface area contributed by atoms with Gasteiger partial charge in [0.05, 0.1) is 17.8 Å². The number of primary amides is 1. The van der Waals surface area contributed by atoms with Gasteiger partial charge < -0.3 is 16.4 Å². The molecule has 7 heteroatoms. The minimum Gasteiger partial charge on any atom is -0.389 e. The number of thiocarbonyl (C=S) groups is 1. The number of aryl methyl sites for hydroxylation is 1. The van der Waals surface area contributed by atoms with Gasteiger partial charge in [0.15, 0.2) is 5.82 Å². The monoisotopic (exact) mass is 281 g/mol. The Morgan fingerprint density at radius 2 is 1.89 bits per heavy atom. The van der Waals surface area contributed by atoms with Gasteiger partial charge in [0.25, 0.3) is 0 Å². The second-order valence-corrected chi connectivity index (χ2v) is 4.66. The minimum atomic E-state index is -0.448.